The van der Waals surface area contributed by atoms with Gasteiger partial charge < -0.3 is 5.32 Å². The fraction of sp³-hybridized carbons (Fsp3) is 0.278. The van der Waals surface area contributed by atoms with Gasteiger partial charge in [-0.25, -0.2) is 13.4 Å². The number of amides is 1. The van der Waals surface area contributed by atoms with Gasteiger partial charge in [0.05, 0.1) is 21.8 Å². The first-order chi connectivity index (χ1) is 12.9. The van der Waals surface area contributed by atoms with Crippen LogP contribution in [0.1, 0.15) is 23.6 Å². The molecule has 0 aliphatic rings. The van der Waals surface area contributed by atoms with E-state index >= 15 is 0 Å². The zero-order valence-corrected chi connectivity index (χ0v) is 15.7. The standard InChI is InChI=1S/C18H16F3N3O3S/c1-11-3-5-14(6-4-11)28(26,27)10-12(2)17(25)24-16-7-15(18(19,20)21)13(8-22)9-23-16/h3-7,9,12H,10H2,1-2H3,(H,23,24,25). The maximum atomic E-state index is 13.0. The second-order valence-electron chi connectivity index (χ2n) is 6.21. The lowest BCUT2D eigenvalue weighted by atomic mass is 10.1. The quantitative estimate of drug-likeness (QED) is 0.814. The first-order valence-electron chi connectivity index (χ1n) is 8.01. The average Bonchev–Trinajstić information content (AvgIpc) is 2.60. The maximum Gasteiger partial charge on any atom is 0.417 e. The molecule has 6 nitrogen and oxygen atoms in total. The molecule has 1 N–H and O–H groups in total. The molecule has 2 rings (SSSR count). The van der Waals surface area contributed by atoms with E-state index in [0.29, 0.717) is 12.3 Å². The van der Waals surface area contributed by atoms with Gasteiger partial charge in [-0.2, -0.15) is 18.4 Å². The van der Waals surface area contributed by atoms with Crippen molar-refractivity contribution < 1.29 is 26.4 Å². The number of benzene rings is 1. The number of hydrogen-bond acceptors (Lipinski definition) is 5. The highest BCUT2D eigenvalue weighted by Crippen LogP contribution is 2.32. The summed E-state index contributed by atoms with van der Waals surface area (Å²) in [6.07, 6.45) is -4.10. The number of pyridine rings is 1. The Morgan fingerprint density at radius 2 is 1.89 bits per heavy atom. The van der Waals surface area contributed by atoms with Gasteiger partial charge in [0.25, 0.3) is 0 Å². The summed E-state index contributed by atoms with van der Waals surface area (Å²) in [6, 6.07) is 8.01. The third-order valence-electron chi connectivity index (χ3n) is 3.88. The van der Waals surface area contributed by atoms with Gasteiger partial charge in [-0.05, 0) is 25.1 Å². The number of nitrogens with zero attached hydrogens (tertiary/aromatic N) is 2. The van der Waals surface area contributed by atoms with Crippen LogP contribution in [0.3, 0.4) is 0 Å². The van der Waals surface area contributed by atoms with Crippen LogP contribution in [0.2, 0.25) is 0 Å². The van der Waals surface area contributed by atoms with Gasteiger partial charge >= 0.3 is 6.18 Å². The molecule has 0 saturated carbocycles. The molecule has 2 aromatic rings. The van der Waals surface area contributed by atoms with Crippen molar-refractivity contribution in [2.45, 2.75) is 24.9 Å². The van der Waals surface area contributed by atoms with E-state index in [-0.39, 0.29) is 4.90 Å². The SMILES string of the molecule is Cc1ccc(S(=O)(=O)CC(C)C(=O)Nc2cc(C(F)(F)F)c(C#N)cn2)cc1. The number of alkyl halides is 3. The predicted molar refractivity (Wildman–Crippen MR) is 95.0 cm³/mol. The van der Waals surface area contributed by atoms with Gasteiger partial charge in [0, 0.05) is 12.1 Å². The Balaban J connectivity index is 2.16. The monoisotopic (exact) mass is 411 g/mol. The molecule has 0 radical (unpaired) electrons. The molecule has 1 atom stereocenters. The third-order valence-corrected chi connectivity index (χ3v) is 5.81. The van der Waals surface area contributed by atoms with Crippen molar-refractivity contribution in [1.82, 2.24) is 4.98 Å². The lowest BCUT2D eigenvalue weighted by molar-refractivity contribution is -0.137. The van der Waals surface area contributed by atoms with E-state index in [1.165, 1.54) is 25.1 Å². The number of hydrogen-bond donors (Lipinski definition) is 1. The van der Waals surface area contributed by atoms with E-state index in [1.54, 1.807) is 19.1 Å². The molecule has 1 heterocycles. The molecule has 0 aliphatic heterocycles. The summed E-state index contributed by atoms with van der Waals surface area (Å²) >= 11 is 0. The minimum absolute atomic E-state index is 0.0496. The predicted octanol–water partition coefficient (Wildman–Crippen LogP) is 3.33. The minimum atomic E-state index is -4.80. The van der Waals surface area contributed by atoms with Crippen molar-refractivity contribution in [3.63, 3.8) is 0 Å². The first kappa shape index (κ1) is 21.4. The molecular formula is C18H16F3N3O3S. The highest BCUT2D eigenvalue weighted by Gasteiger charge is 2.34. The molecule has 1 aromatic heterocycles. The highest BCUT2D eigenvalue weighted by molar-refractivity contribution is 7.91. The molecule has 28 heavy (non-hydrogen) atoms. The number of halogens is 3. The summed E-state index contributed by atoms with van der Waals surface area (Å²) < 4.78 is 63.7. The van der Waals surface area contributed by atoms with E-state index in [0.717, 1.165) is 5.56 Å². The molecule has 10 heteroatoms. The van der Waals surface area contributed by atoms with Gasteiger partial charge in [0.1, 0.15) is 11.9 Å². The Hall–Kier alpha value is -2.93. The summed E-state index contributed by atoms with van der Waals surface area (Å²) in [6.45, 7) is 3.14. The average molecular weight is 411 g/mol. The van der Waals surface area contributed by atoms with E-state index in [1.807, 2.05) is 0 Å². The van der Waals surface area contributed by atoms with Gasteiger partial charge in [0.2, 0.25) is 5.91 Å². The molecule has 1 unspecified atom stereocenters. The zero-order chi connectivity index (χ0) is 21.1. The Kier molecular flexibility index (Phi) is 6.09. The van der Waals surface area contributed by atoms with E-state index < -0.39 is 50.5 Å². The van der Waals surface area contributed by atoms with Crippen LogP contribution in [-0.4, -0.2) is 25.1 Å². The van der Waals surface area contributed by atoms with E-state index in [4.69, 9.17) is 5.26 Å². The van der Waals surface area contributed by atoms with Crippen LogP contribution in [0.4, 0.5) is 19.0 Å². The third kappa shape index (κ3) is 5.07. The zero-order valence-electron chi connectivity index (χ0n) is 14.9. The van der Waals surface area contributed by atoms with Crippen LogP contribution in [-0.2, 0) is 20.8 Å². The van der Waals surface area contributed by atoms with Crippen LogP contribution in [0.5, 0.6) is 0 Å². The number of carbonyl (C=O) groups excluding carboxylic acids is 1. The van der Waals surface area contributed by atoms with Crippen LogP contribution in [0.25, 0.3) is 0 Å². The molecule has 148 valence electrons. The summed E-state index contributed by atoms with van der Waals surface area (Å²) in [7, 11) is -3.76. The Labute approximate surface area is 159 Å². The normalized spacial score (nSPS) is 12.9. The van der Waals surface area contributed by atoms with Crippen LogP contribution in [0.15, 0.2) is 41.4 Å². The van der Waals surface area contributed by atoms with E-state index in [2.05, 4.69) is 10.3 Å². The number of rotatable bonds is 5. The number of sulfone groups is 1. The molecule has 1 amide bonds. The van der Waals surface area contributed by atoms with Crippen LogP contribution >= 0.6 is 0 Å². The Bertz CT molecular complexity index is 1030. The summed E-state index contributed by atoms with van der Waals surface area (Å²) in [5, 5.41) is 10.9. The summed E-state index contributed by atoms with van der Waals surface area (Å²) in [4.78, 5) is 15.9. The second-order valence-corrected chi connectivity index (χ2v) is 8.24. The molecular weight excluding hydrogens is 395 g/mol. The van der Waals surface area contributed by atoms with Gasteiger partial charge in [0.15, 0.2) is 9.84 Å². The smallest absolute Gasteiger partial charge is 0.310 e. The van der Waals surface area contributed by atoms with Crippen molar-refractivity contribution in [3.8, 4) is 6.07 Å². The number of nitriles is 1. The molecule has 0 aliphatic carbocycles. The van der Waals surface area contributed by atoms with Crippen LogP contribution in [0, 0.1) is 24.2 Å². The highest BCUT2D eigenvalue weighted by atomic mass is 32.2. The lowest BCUT2D eigenvalue weighted by Gasteiger charge is -2.14. The van der Waals surface area contributed by atoms with Gasteiger partial charge in [-0.15, -0.1) is 0 Å². The number of carbonyl (C=O) groups is 1. The van der Waals surface area contributed by atoms with Crippen molar-refractivity contribution in [1.29, 1.82) is 5.26 Å². The molecule has 1 aromatic carbocycles. The first-order valence-corrected chi connectivity index (χ1v) is 9.67. The maximum absolute atomic E-state index is 13.0. The summed E-state index contributed by atoms with van der Waals surface area (Å²) in [5.74, 6) is -2.79. The summed E-state index contributed by atoms with van der Waals surface area (Å²) in [5.41, 5.74) is -1.04. The fourth-order valence-corrected chi connectivity index (χ4v) is 3.90. The fourth-order valence-electron chi connectivity index (χ4n) is 2.34. The topological polar surface area (TPSA) is 99.9 Å². The molecule has 0 saturated heterocycles. The van der Waals surface area contributed by atoms with E-state index in [9.17, 15) is 26.4 Å². The lowest BCUT2D eigenvalue weighted by Crippen LogP contribution is -2.27. The van der Waals surface area contributed by atoms with Gasteiger partial charge in [-0.3, -0.25) is 4.79 Å². The minimum Gasteiger partial charge on any atom is -0.310 e. The largest absolute Gasteiger partial charge is 0.417 e. The Morgan fingerprint density at radius 3 is 2.43 bits per heavy atom. The van der Waals surface area contributed by atoms with Crippen molar-refractivity contribution >= 4 is 21.6 Å². The second kappa shape index (κ2) is 7.98. The van der Waals surface area contributed by atoms with Crippen molar-refractivity contribution in [2.75, 3.05) is 11.1 Å². The number of nitrogens with one attached hydrogen (secondary N) is 1. The number of anilines is 1. The molecule has 0 spiro atoms. The number of aromatic nitrogens is 1. The van der Waals surface area contributed by atoms with Crippen molar-refractivity contribution in [3.05, 3.63) is 53.2 Å². The number of aryl methyl sites for hydroxylation is 1. The Morgan fingerprint density at radius 1 is 1.29 bits per heavy atom. The molecule has 0 bridgehead atoms. The molecule has 0 fully saturated rings. The van der Waals surface area contributed by atoms with Crippen LogP contribution < -0.4 is 5.32 Å². The van der Waals surface area contributed by atoms with Gasteiger partial charge in [-0.1, -0.05) is 24.6 Å². The van der Waals surface area contributed by atoms with Crippen molar-refractivity contribution in [2.24, 2.45) is 5.92 Å².